The molecular formula is C26H26N4O4. The van der Waals surface area contributed by atoms with Crippen LogP contribution >= 0.6 is 0 Å². The number of carboxylic acids is 1. The molecule has 4 rings (SSSR count). The van der Waals surface area contributed by atoms with E-state index in [0.29, 0.717) is 11.3 Å². The summed E-state index contributed by atoms with van der Waals surface area (Å²) in [6.07, 6.45) is -0.124. The summed E-state index contributed by atoms with van der Waals surface area (Å²) in [5, 5.41) is 32.7. The number of phenols is 1. The van der Waals surface area contributed by atoms with Crippen LogP contribution in [0.15, 0.2) is 60.7 Å². The smallest absolute Gasteiger partial charge is 0.307 e. The van der Waals surface area contributed by atoms with Crippen LogP contribution in [0.1, 0.15) is 36.7 Å². The van der Waals surface area contributed by atoms with Gasteiger partial charge in [0.25, 0.3) is 0 Å². The molecule has 0 aliphatic heterocycles. The van der Waals surface area contributed by atoms with E-state index in [4.69, 9.17) is 21.0 Å². The van der Waals surface area contributed by atoms with E-state index < -0.39 is 5.97 Å². The molecule has 0 fully saturated rings. The molecule has 8 nitrogen and oxygen atoms in total. The highest BCUT2D eigenvalue weighted by atomic mass is 16.5. The zero-order valence-electron chi connectivity index (χ0n) is 18.9. The second-order valence-corrected chi connectivity index (χ2v) is 8.33. The van der Waals surface area contributed by atoms with Crippen LogP contribution < -0.4 is 10.5 Å². The van der Waals surface area contributed by atoms with E-state index in [1.807, 2.05) is 42.8 Å². The number of aliphatic carboxylic acids is 1. The Labute approximate surface area is 196 Å². The Balaban J connectivity index is 1.72. The van der Waals surface area contributed by atoms with Gasteiger partial charge in [-0.2, -0.15) is 5.10 Å². The molecule has 1 aromatic heterocycles. The standard InChI is InChI=1S/C26H26N4O4/c1-15(2)30-22-10-8-16(17-7-9-19(26(27)28)23(31)12-17)11-20(22)21(29-30)14-34-24-6-4-3-5-18(24)13-25(32)33/h3-12,15,31H,13-14H2,1-2H3,(H3,27,28)(H,32,33). The van der Waals surface area contributed by atoms with E-state index in [1.54, 1.807) is 36.4 Å². The number of ether oxygens (including phenoxy) is 1. The highest BCUT2D eigenvalue weighted by Gasteiger charge is 2.16. The maximum Gasteiger partial charge on any atom is 0.307 e. The van der Waals surface area contributed by atoms with Gasteiger partial charge in [0.2, 0.25) is 0 Å². The molecule has 0 unspecified atom stereocenters. The third-order valence-electron chi connectivity index (χ3n) is 5.57. The number of amidine groups is 1. The molecule has 0 amide bonds. The van der Waals surface area contributed by atoms with Gasteiger partial charge in [-0.05, 0) is 55.3 Å². The van der Waals surface area contributed by atoms with Gasteiger partial charge in [0.1, 0.15) is 29.6 Å². The van der Waals surface area contributed by atoms with E-state index in [9.17, 15) is 15.0 Å². The number of benzene rings is 3. The first-order chi connectivity index (χ1) is 16.2. The minimum atomic E-state index is -0.922. The van der Waals surface area contributed by atoms with Crippen molar-refractivity contribution in [2.24, 2.45) is 5.73 Å². The topological polar surface area (TPSA) is 134 Å². The molecule has 0 atom stereocenters. The van der Waals surface area contributed by atoms with Crippen molar-refractivity contribution in [2.45, 2.75) is 32.9 Å². The lowest BCUT2D eigenvalue weighted by Crippen LogP contribution is -2.10. The first-order valence-electron chi connectivity index (χ1n) is 10.9. The largest absolute Gasteiger partial charge is 0.507 e. The molecule has 5 N–H and O–H groups in total. The molecule has 0 radical (unpaired) electrons. The summed E-state index contributed by atoms with van der Waals surface area (Å²) in [4.78, 5) is 11.2. The number of fused-ring (bicyclic) bond motifs is 1. The summed E-state index contributed by atoms with van der Waals surface area (Å²) in [7, 11) is 0. The third kappa shape index (κ3) is 4.56. The number of aromatic nitrogens is 2. The molecule has 0 aliphatic carbocycles. The Morgan fingerprint density at radius 1 is 1.12 bits per heavy atom. The van der Waals surface area contributed by atoms with Gasteiger partial charge in [-0.25, -0.2) is 0 Å². The third-order valence-corrected chi connectivity index (χ3v) is 5.57. The Bertz CT molecular complexity index is 1390. The number of carboxylic acid groups (broad SMARTS) is 1. The molecule has 0 saturated carbocycles. The predicted octanol–water partition coefficient (Wildman–Crippen LogP) is 4.48. The van der Waals surface area contributed by atoms with Gasteiger partial charge in [-0.15, -0.1) is 0 Å². The van der Waals surface area contributed by atoms with Gasteiger partial charge < -0.3 is 20.7 Å². The Morgan fingerprint density at radius 3 is 2.50 bits per heavy atom. The SMILES string of the molecule is CC(C)n1nc(COc2ccccc2CC(=O)O)c2cc(-c3ccc(C(=N)N)c(O)c3)ccc21. The van der Waals surface area contributed by atoms with E-state index in [-0.39, 0.29) is 36.2 Å². The van der Waals surface area contributed by atoms with Gasteiger partial charge in [-0.1, -0.05) is 30.3 Å². The molecule has 0 saturated heterocycles. The molecule has 0 aliphatic rings. The molecule has 0 bridgehead atoms. The molecule has 34 heavy (non-hydrogen) atoms. The maximum atomic E-state index is 11.2. The molecule has 1 heterocycles. The van der Waals surface area contributed by atoms with Crippen molar-refractivity contribution in [3.8, 4) is 22.6 Å². The number of para-hydroxylation sites is 1. The quantitative estimate of drug-likeness (QED) is 0.227. The van der Waals surface area contributed by atoms with Gasteiger partial charge in [0.05, 0.1) is 17.5 Å². The molecular weight excluding hydrogens is 432 g/mol. The minimum Gasteiger partial charge on any atom is -0.507 e. The van der Waals surface area contributed by atoms with Crippen molar-refractivity contribution < 1.29 is 19.7 Å². The van der Waals surface area contributed by atoms with Crippen molar-refractivity contribution in [1.29, 1.82) is 5.41 Å². The number of nitrogens with two attached hydrogens (primary N) is 1. The first-order valence-corrected chi connectivity index (χ1v) is 10.9. The molecule has 4 aromatic rings. The number of nitrogens with one attached hydrogen (secondary N) is 1. The van der Waals surface area contributed by atoms with Crippen LogP contribution in [0.2, 0.25) is 0 Å². The molecule has 0 spiro atoms. The lowest BCUT2D eigenvalue weighted by molar-refractivity contribution is -0.136. The van der Waals surface area contributed by atoms with Crippen LogP contribution in [0.3, 0.4) is 0 Å². The highest BCUT2D eigenvalue weighted by Crippen LogP contribution is 2.31. The number of phenolic OH excluding ortho intramolecular Hbond substituents is 1. The number of carbonyl (C=O) groups is 1. The van der Waals surface area contributed by atoms with Gasteiger partial charge >= 0.3 is 5.97 Å². The summed E-state index contributed by atoms with van der Waals surface area (Å²) in [5.41, 5.74) is 9.71. The van der Waals surface area contributed by atoms with Crippen LogP contribution in [-0.4, -0.2) is 31.8 Å². The average molecular weight is 459 g/mol. The zero-order valence-corrected chi connectivity index (χ0v) is 18.9. The number of aromatic hydroxyl groups is 1. The number of nitrogen functional groups attached to an aromatic ring is 1. The van der Waals surface area contributed by atoms with E-state index in [1.165, 1.54) is 0 Å². The van der Waals surface area contributed by atoms with Crippen molar-refractivity contribution in [1.82, 2.24) is 9.78 Å². The number of hydrogen-bond donors (Lipinski definition) is 4. The average Bonchev–Trinajstić information content (AvgIpc) is 3.16. The maximum absolute atomic E-state index is 11.2. The fourth-order valence-corrected chi connectivity index (χ4v) is 3.92. The number of nitrogens with zero attached hydrogens (tertiary/aromatic N) is 2. The normalized spacial score (nSPS) is 11.1. The summed E-state index contributed by atoms with van der Waals surface area (Å²) in [5.74, 6) is -0.658. The van der Waals surface area contributed by atoms with E-state index >= 15 is 0 Å². The van der Waals surface area contributed by atoms with Crippen molar-refractivity contribution >= 4 is 22.7 Å². The van der Waals surface area contributed by atoms with Crippen molar-refractivity contribution in [3.63, 3.8) is 0 Å². The van der Waals surface area contributed by atoms with Crippen molar-refractivity contribution in [3.05, 3.63) is 77.5 Å². The van der Waals surface area contributed by atoms with E-state index in [0.717, 1.165) is 27.7 Å². The fraction of sp³-hybridized carbons (Fsp3) is 0.192. The van der Waals surface area contributed by atoms with Crippen molar-refractivity contribution in [2.75, 3.05) is 0 Å². The minimum absolute atomic E-state index is 0.0541. The fourth-order valence-electron chi connectivity index (χ4n) is 3.92. The second-order valence-electron chi connectivity index (χ2n) is 8.33. The number of rotatable bonds is 8. The summed E-state index contributed by atoms with van der Waals surface area (Å²) in [6.45, 7) is 4.27. The molecule has 8 heteroatoms. The highest BCUT2D eigenvalue weighted by molar-refractivity contribution is 5.98. The summed E-state index contributed by atoms with van der Waals surface area (Å²) < 4.78 is 7.94. The first kappa shape index (κ1) is 22.8. The van der Waals surface area contributed by atoms with Crippen LogP contribution in [-0.2, 0) is 17.8 Å². The lowest BCUT2D eigenvalue weighted by Gasteiger charge is -2.10. The number of hydrogen-bond acceptors (Lipinski definition) is 5. The Hall–Kier alpha value is -4.33. The van der Waals surface area contributed by atoms with Crippen LogP contribution in [0.25, 0.3) is 22.0 Å². The Morgan fingerprint density at radius 2 is 1.82 bits per heavy atom. The Kier molecular flexibility index (Phi) is 6.23. The molecule has 174 valence electrons. The zero-order chi connectivity index (χ0) is 24.4. The summed E-state index contributed by atoms with van der Waals surface area (Å²) in [6, 6.07) is 18.2. The predicted molar refractivity (Wildman–Crippen MR) is 130 cm³/mol. The van der Waals surface area contributed by atoms with Crippen LogP contribution in [0.5, 0.6) is 11.5 Å². The van der Waals surface area contributed by atoms with Crippen LogP contribution in [0, 0.1) is 5.41 Å². The van der Waals surface area contributed by atoms with Crippen LogP contribution in [0.4, 0.5) is 0 Å². The molecule has 3 aromatic carbocycles. The van der Waals surface area contributed by atoms with Gasteiger partial charge in [0, 0.05) is 17.0 Å². The van der Waals surface area contributed by atoms with E-state index in [2.05, 4.69) is 0 Å². The monoisotopic (exact) mass is 458 g/mol. The van der Waals surface area contributed by atoms with Gasteiger partial charge in [0.15, 0.2) is 0 Å². The van der Waals surface area contributed by atoms with Gasteiger partial charge in [-0.3, -0.25) is 14.9 Å². The lowest BCUT2D eigenvalue weighted by atomic mass is 10.0. The second kappa shape index (κ2) is 9.27. The summed E-state index contributed by atoms with van der Waals surface area (Å²) >= 11 is 0.